The number of aliphatic hydroxyl groups is 1. The van der Waals surface area contributed by atoms with Crippen molar-refractivity contribution >= 4 is 5.91 Å². The molecule has 3 heterocycles. The van der Waals surface area contributed by atoms with Crippen LogP contribution in [0.25, 0.3) is 11.3 Å². The number of carbonyl (C=O) groups excluding carboxylic acids is 1. The van der Waals surface area contributed by atoms with E-state index in [4.69, 9.17) is 9.47 Å². The third-order valence-electron chi connectivity index (χ3n) is 9.92. The second kappa shape index (κ2) is 15.5. The average molecular weight is 665 g/mol. The van der Waals surface area contributed by atoms with Crippen molar-refractivity contribution in [3.63, 3.8) is 0 Å². The molecule has 4 aromatic rings. The molecule has 3 N–H and O–H groups in total. The molecule has 4 atom stereocenters. The Kier molecular flexibility index (Phi) is 10.9. The molecule has 2 aliphatic rings. The van der Waals surface area contributed by atoms with Gasteiger partial charge in [0, 0.05) is 50.1 Å². The van der Waals surface area contributed by atoms with Crippen LogP contribution in [0.3, 0.4) is 0 Å². The maximum absolute atomic E-state index is 14.1. The minimum absolute atomic E-state index is 0.0389. The smallest absolute Gasteiger partial charge is 0.260 e. The van der Waals surface area contributed by atoms with E-state index >= 15 is 0 Å². The van der Waals surface area contributed by atoms with Gasteiger partial charge in [-0.05, 0) is 68.0 Å². The number of benzene rings is 2. The van der Waals surface area contributed by atoms with E-state index in [9.17, 15) is 14.7 Å². The molecular formula is C40H48N4O5. The normalized spacial score (nSPS) is 20.3. The molecule has 258 valence electrons. The third-order valence-corrected chi connectivity index (χ3v) is 9.92. The van der Waals surface area contributed by atoms with Crippen LogP contribution in [-0.4, -0.2) is 58.6 Å². The number of nitrogens with one attached hydrogen (secondary N) is 2. The molecule has 9 nitrogen and oxygen atoms in total. The lowest BCUT2D eigenvalue weighted by atomic mass is 9.87. The van der Waals surface area contributed by atoms with E-state index in [0.717, 1.165) is 49.0 Å². The van der Waals surface area contributed by atoms with Gasteiger partial charge >= 0.3 is 0 Å². The number of nitrogens with zero attached hydrogens (tertiary/aromatic N) is 2. The van der Waals surface area contributed by atoms with E-state index in [-0.39, 0.29) is 30.1 Å². The standard InChI is InChI=1S/C40H48N4O5/c1-4-27-17-18-37-31(20-27)35(23-40(2,49-37)26-48-3)42-24-36(45)34(21-28-12-6-5-7-13-28)43-38(46)29-22-32(33-16-10-11-19-41-33)39(47)44(25-29)30-14-8-9-15-30/h5-7,10-13,16-20,22,25,30,34-36,42,45H,4,8-9,14-15,21,23-24,26H2,1-3H3,(H,43,46)/t34-,35-,36+,40-/m0/s1. The van der Waals surface area contributed by atoms with Crippen LogP contribution in [0.2, 0.25) is 0 Å². The molecule has 2 aromatic carbocycles. The van der Waals surface area contributed by atoms with Gasteiger partial charge in [-0.1, -0.05) is 68.3 Å². The molecule has 6 rings (SSSR count). The van der Waals surface area contributed by atoms with Crippen molar-refractivity contribution in [2.45, 2.75) is 88.6 Å². The summed E-state index contributed by atoms with van der Waals surface area (Å²) in [5.74, 6) is 0.464. The molecule has 1 aliphatic carbocycles. The van der Waals surface area contributed by atoms with Gasteiger partial charge in [0.2, 0.25) is 0 Å². The summed E-state index contributed by atoms with van der Waals surface area (Å²) in [4.78, 5) is 32.2. The average Bonchev–Trinajstić information content (AvgIpc) is 3.66. The number of hydrogen-bond donors (Lipinski definition) is 3. The number of ether oxygens (including phenoxy) is 2. The van der Waals surface area contributed by atoms with Gasteiger partial charge in [-0.3, -0.25) is 14.6 Å². The van der Waals surface area contributed by atoms with Gasteiger partial charge in [0.25, 0.3) is 11.5 Å². The van der Waals surface area contributed by atoms with E-state index < -0.39 is 17.7 Å². The lowest BCUT2D eigenvalue weighted by Gasteiger charge is -2.40. The largest absolute Gasteiger partial charge is 0.485 e. The summed E-state index contributed by atoms with van der Waals surface area (Å²) in [6.07, 6.45) is 8.29. The van der Waals surface area contributed by atoms with Gasteiger partial charge in [-0.25, -0.2) is 0 Å². The first-order valence-electron chi connectivity index (χ1n) is 17.5. The molecule has 1 amide bonds. The molecule has 2 aromatic heterocycles. The van der Waals surface area contributed by atoms with Crippen LogP contribution in [-0.2, 0) is 17.6 Å². The van der Waals surface area contributed by atoms with Crippen molar-refractivity contribution in [3.05, 3.63) is 118 Å². The number of hydrogen-bond acceptors (Lipinski definition) is 7. The molecule has 1 fully saturated rings. The predicted molar refractivity (Wildman–Crippen MR) is 191 cm³/mol. The molecule has 0 spiro atoms. The first-order valence-corrected chi connectivity index (χ1v) is 17.5. The molecule has 1 aliphatic heterocycles. The Hall–Kier alpha value is -4.31. The van der Waals surface area contributed by atoms with Crippen LogP contribution >= 0.6 is 0 Å². The summed E-state index contributed by atoms with van der Waals surface area (Å²) in [6, 6.07) is 22.5. The van der Waals surface area contributed by atoms with E-state index in [2.05, 4.69) is 34.7 Å². The van der Waals surface area contributed by atoms with Gasteiger partial charge in [-0.15, -0.1) is 0 Å². The number of aryl methyl sites for hydroxylation is 1. The Bertz CT molecular complexity index is 1770. The Morgan fingerprint density at radius 3 is 2.57 bits per heavy atom. The second-order valence-corrected chi connectivity index (χ2v) is 13.7. The summed E-state index contributed by atoms with van der Waals surface area (Å²) >= 11 is 0. The van der Waals surface area contributed by atoms with Crippen molar-refractivity contribution < 1.29 is 19.4 Å². The van der Waals surface area contributed by atoms with Crippen molar-refractivity contribution in [1.82, 2.24) is 20.2 Å². The van der Waals surface area contributed by atoms with Crippen LogP contribution in [0.4, 0.5) is 0 Å². The number of amides is 1. The zero-order valence-corrected chi connectivity index (χ0v) is 28.7. The van der Waals surface area contributed by atoms with Crippen LogP contribution in [0, 0.1) is 0 Å². The first kappa shape index (κ1) is 34.5. The zero-order valence-electron chi connectivity index (χ0n) is 28.7. The molecule has 9 heteroatoms. The zero-order chi connectivity index (χ0) is 34.4. The fourth-order valence-electron chi connectivity index (χ4n) is 7.30. The summed E-state index contributed by atoms with van der Waals surface area (Å²) in [7, 11) is 1.67. The Morgan fingerprint density at radius 2 is 1.86 bits per heavy atom. The van der Waals surface area contributed by atoms with Gasteiger partial charge in [0.1, 0.15) is 11.4 Å². The van der Waals surface area contributed by atoms with E-state index in [0.29, 0.717) is 36.3 Å². The molecule has 1 saturated carbocycles. The number of aromatic nitrogens is 2. The van der Waals surface area contributed by atoms with E-state index in [1.54, 1.807) is 42.3 Å². The highest BCUT2D eigenvalue weighted by molar-refractivity contribution is 5.95. The minimum Gasteiger partial charge on any atom is -0.485 e. The molecular weight excluding hydrogens is 616 g/mol. The fraction of sp³-hybridized carbons (Fsp3) is 0.425. The van der Waals surface area contributed by atoms with Crippen molar-refractivity contribution in [2.24, 2.45) is 0 Å². The maximum atomic E-state index is 14.1. The maximum Gasteiger partial charge on any atom is 0.260 e. The van der Waals surface area contributed by atoms with Crippen LogP contribution < -0.4 is 20.9 Å². The van der Waals surface area contributed by atoms with E-state index in [1.807, 2.05) is 49.4 Å². The number of aliphatic hydroxyl groups excluding tert-OH is 1. The number of methoxy groups -OCH3 is 1. The lowest BCUT2D eigenvalue weighted by Crippen LogP contribution is -2.51. The van der Waals surface area contributed by atoms with Crippen LogP contribution in [0.5, 0.6) is 5.75 Å². The molecule has 0 bridgehead atoms. The molecule has 0 radical (unpaired) electrons. The van der Waals surface area contributed by atoms with Gasteiger partial charge in [-0.2, -0.15) is 0 Å². The minimum atomic E-state index is -0.922. The van der Waals surface area contributed by atoms with Crippen LogP contribution in [0.1, 0.15) is 85.1 Å². The number of pyridine rings is 2. The SMILES string of the molecule is CCc1ccc2c(c1)[C@@H](NC[C@@H](O)[C@H](Cc1ccccc1)NC(=O)c1cc(-c3ccccn3)c(=O)n(C3CCCC3)c1)C[C@@](C)(COC)O2. The third kappa shape index (κ3) is 8.12. The summed E-state index contributed by atoms with van der Waals surface area (Å²) in [5, 5.41) is 18.5. The summed E-state index contributed by atoms with van der Waals surface area (Å²) < 4.78 is 13.6. The highest BCUT2D eigenvalue weighted by Gasteiger charge is 2.38. The number of rotatable bonds is 13. The highest BCUT2D eigenvalue weighted by Crippen LogP contribution is 2.40. The summed E-state index contributed by atoms with van der Waals surface area (Å²) in [5.41, 5.74) is 3.87. The van der Waals surface area contributed by atoms with Gasteiger partial charge in [0.05, 0.1) is 35.6 Å². The van der Waals surface area contributed by atoms with Crippen molar-refractivity contribution in [1.29, 1.82) is 0 Å². The number of fused-ring (bicyclic) bond motifs is 1. The van der Waals surface area contributed by atoms with Crippen LogP contribution in [0.15, 0.2) is 90.0 Å². The van der Waals surface area contributed by atoms with Crippen molar-refractivity contribution in [3.8, 4) is 17.0 Å². The highest BCUT2D eigenvalue weighted by atomic mass is 16.5. The first-order chi connectivity index (χ1) is 23.8. The Labute approximate surface area is 288 Å². The van der Waals surface area contributed by atoms with E-state index in [1.165, 1.54) is 5.56 Å². The molecule has 0 saturated heterocycles. The predicted octanol–water partition coefficient (Wildman–Crippen LogP) is 5.81. The lowest BCUT2D eigenvalue weighted by molar-refractivity contribution is -0.0220. The quantitative estimate of drug-likeness (QED) is 0.165. The van der Waals surface area contributed by atoms with Gasteiger partial charge < -0.3 is 29.8 Å². The molecule has 0 unspecified atom stereocenters. The second-order valence-electron chi connectivity index (χ2n) is 13.7. The fourth-order valence-corrected chi connectivity index (χ4v) is 7.30. The molecule has 49 heavy (non-hydrogen) atoms. The number of carbonyl (C=O) groups is 1. The summed E-state index contributed by atoms with van der Waals surface area (Å²) in [6.45, 7) is 4.84. The Balaban J connectivity index is 1.27. The van der Waals surface area contributed by atoms with Crippen molar-refractivity contribution in [2.75, 3.05) is 20.3 Å². The Morgan fingerprint density at radius 1 is 1.08 bits per heavy atom. The monoisotopic (exact) mass is 664 g/mol. The topological polar surface area (TPSA) is 115 Å². The van der Waals surface area contributed by atoms with Gasteiger partial charge in [0.15, 0.2) is 0 Å².